The maximum atomic E-state index is 12.4. The van der Waals surface area contributed by atoms with Crippen LogP contribution in [-0.4, -0.2) is 18.5 Å². The van der Waals surface area contributed by atoms with E-state index in [1.807, 2.05) is 84.9 Å². The van der Waals surface area contributed by atoms with Gasteiger partial charge in [0.2, 0.25) is 0 Å². The van der Waals surface area contributed by atoms with Gasteiger partial charge in [0.15, 0.2) is 0 Å². The van der Waals surface area contributed by atoms with Gasteiger partial charge >= 0.3 is 11.9 Å². The van der Waals surface area contributed by atoms with E-state index in [1.54, 1.807) is 6.92 Å². The minimum absolute atomic E-state index is 0.139. The van der Waals surface area contributed by atoms with Crippen LogP contribution < -0.4 is 4.74 Å². The van der Waals surface area contributed by atoms with Crippen molar-refractivity contribution in [1.29, 1.82) is 0 Å². The third-order valence-corrected chi connectivity index (χ3v) is 4.62. The second kappa shape index (κ2) is 12.1. The van der Waals surface area contributed by atoms with Gasteiger partial charge in [-0.2, -0.15) is 0 Å². The summed E-state index contributed by atoms with van der Waals surface area (Å²) in [6.07, 6.45) is 1.46. The Balaban J connectivity index is 1.62. The van der Waals surface area contributed by atoms with Crippen LogP contribution in [0.15, 0.2) is 96.6 Å². The molecule has 3 aromatic carbocycles. The minimum Gasteiger partial charge on any atom is -0.489 e. The second-order valence-corrected chi connectivity index (χ2v) is 7.08. The van der Waals surface area contributed by atoms with Crippen molar-refractivity contribution in [3.63, 3.8) is 0 Å². The fraction of sp³-hybridized carbons (Fsp3) is 0.185. The lowest BCUT2D eigenvalue weighted by molar-refractivity contribution is -0.141. The van der Waals surface area contributed by atoms with Crippen molar-refractivity contribution in [2.75, 3.05) is 6.61 Å². The molecule has 0 aliphatic heterocycles. The monoisotopic (exact) mass is 430 g/mol. The first-order valence-electron chi connectivity index (χ1n) is 10.5. The normalized spacial score (nSPS) is 11.0. The Kier molecular flexibility index (Phi) is 8.63. The SMILES string of the molecule is CCOC(=O)/C(=C/C(=O)OCc1ccccc1)Cc1ccc(OCc2ccccc2)cc1. The van der Waals surface area contributed by atoms with E-state index >= 15 is 0 Å². The molecular weight excluding hydrogens is 404 g/mol. The molecule has 0 N–H and O–H groups in total. The maximum absolute atomic E-state index is 12.4. The number of hydrogen-bond donors (Lipinski definition) is 0. The van der Waals surface area contributed by atoms with E-state index < -0.39 is 11.9 Å². The van der Waals surface area contributed by atoms with Crippen LogP contribution >= 0.6 is 0 Å². The Hall–Kier alpha value is -3.86. The highest BCUT2D eigenvalue weighted by Gasteiger charge is 2.15. The molecule has 0 fully saturated rings. The summed E-state index contributed by atoms with van der Waals surface area (Å²) < 4.78 is 16.2. The van der Waals surface area contributed by atoms with Crippen molar-refractivity contribution in [3.8, 4) is 5.75 Å². The van der Waals surface area contributed by atoms with Crippen LogP contribution in [0.4, 0.5) is 0 Å². The Morgan fingerprint density at radius 1 is 0.719 bits per heavy atom. The van der Waals surface area contributed by atoms with E-state index in [4.69, 9.17) is 14.2 Å². The fourth-order valence-electron chi connectivity index (χ4n) is 2.98. The molecular formula is C27H26O5. The van der Waals surface area contributed by atoms with Crippen LogP contribution in [0.5, 0.6) is 5.75 Å². The van der Waals surface area contributed by atoms with E-state index in [-0.39, 0.29) is 25.2 Å². The highest BCUT2D eigenvalue weighted by Crippen LogP contribution is 2.17. The number of carbonyl (C=O) groups is 2. The quantitative estimate of drug-likeness (QED) is 0.333. The smallest absolute Gasteiger partial charge is 0.334 e. The molecule has 5 heteroatoms. The number of ether oxygens (including phenoxy) is 3. The molecule has 32 heavy (non-hydrogen) atoms. The predicted octanol–water partition coefficient (Wildman–Crippen LogP) is 5.04. The van der Waals surface area contributed by atoms with Crippen molar-refractivity contribution < 1.29 is 23.8 Å². The lowest BCUT2D eigenvalue weighted by Gasteiger charge is -2.10. The van der Waals surface area contributed by atoms with Crippen LogP contribution in [0.25, 0.3) is 0 Å². The molecule has 0 aliphatic rings. The number of benzene rings is 3. The van der Waals surface area contributed by atoms with Crippen molar-refractivity contribution in [2.24, 2.45) is 0 Å². The van der Waals surface area contributed by atoms with Gasteiger partial charge in [-0.1, -0.05) is 72.8 Å². The average molecular weight is 431 g/mol. The molecule has 0 amide bonds. The number of esters is 2. The van der Waals surface area contributed by atoms with E-state index in [9.17, 15) is 9.59 Å². The van der Waals surface area contributed by atoms with Crippen molar-refractivity contribution in [1.82, 2.24) is 0 Å². The van der Waals surface area contributed by atoms with Crippen LogP contribution in [0, 0.1) is 0 Å². The van der Waals surface area contributed by atoms with Gasteiger partial charge in [0.1, 0.15) is 19.0 Å². The molecule has 0 spiro atoms. The average Bonchev–Trinajstić information content (AvgIpc) is 2.83. The first-order chi connectivity index (χ1) is 15.6. The second-order valence-electron chi connectivity index (χ2n) is 7.08. The summed E-state index contributed by atoms with van der Waals surface area (Å²) in [4.78, 5) is 24.6. The van der Waals surface area contributed by atoms with Crippen LogP contribution in [0.1, 0.15) is 23.6 Å². The summed E-state index contributed by atoms with van der Waals surface area (Å²) in [7, 11) is 0. The third-order valence-electron chi connectivity index (χ3n) is 4.62. The molecule has 0 saturated heterocycles. The molecule has 0 aromatic heterocycles. The minimum atomic E-state index is -0.584. The van der Waals surface area contributed by atoms with Gasteiger partial charge in [-0.25, -0.2) is 9.59 Å². The van der Waals surface area contributed by atoms with Crippen molar-refractivity contribution in [3.05, 3.63) is 113 Å². The highest BCUT2D eigenvalue weighted by molar-refractivity contribution is 5.96. The van der Waals surface area contributed by atoms with Crippen LogP contribution in [0.3, 0.4) is 0 Å². The predicted molar refractivity (Wildman–Crippen MR) is 122 cm³/mol. The molecule has 3 rings (SSSR count). The number of carbonyl (C=O) groups excluding carboxylic acids is 2. The number of rotatable bonds is 10. The molecule has 5 nitrogen and oxygen atoms in total. The van der Waals surface area contributed by atoms with E-state index in [2.05, 4.69) is 0 Å². The summed E-state index contributed by atoms with van der Waals surface area (Å²) >= 11 is 0. The molecule has 0 unspecified atom stereocenters. The van der Waals surface area contributed by atoms with Gasteiger partial charge in [0.05, 0.1) is 6.61 Å². The van der Waals surface area contributed by atoms with Crippen LogP contribution in [0.2, 0.25) is 0 Å². The molecule has 3 aromatic rings. The van der Waals surface area contributed by atoms with E-state index in [0.29, 0.717) is 6.61 Å². The molecule has 0 atom stereocenters. The maximum Gasteiger partial charge on any atom is 0.334 e. The highest BCUT2D eigenvalue weighted by atomic mass is 16.5. The third kappa shape index (κ3) is 7.43. The number of hydrogen-bond acceptors (Lipinski definition) is 5. The Bertz CT molecular complexity index is 1020. The van der Waals surface area contributed by atoms with Crippen LogP contribution in [-0.2, 0) is 38.7 Å². The zero-order valence-electron chi connectivity index (χ0n) is 18.0. The van der Waals surface area contributed by atoms with E-state index in [1.165, 1.54) is 6.08 Å². The van der Waals surface area contributed by atoms with Gasteiger partial charge in [0.25, 0.3) is 0 Å². The summed E-state index contributed by atoms with van der Waals surface area (Å²) in [6.45, 7) is 2.56. The first-order valence-corrected chi connectivity index (χ1v) is 10.5. The zero-order valence-corrected chi connectivity index (χ0v) is 18.0. The largest absolute Gasteiger partial charge is 0.489 e. The molecule has 0 radical (unpaired) electrons. The molecule has 0 saturated carbocycles. The Labute approximate surface area is 188 Å². The molecule has 0 aliphatic carbocycles. The van der Waals surface area contributed by atoms with Gasteiger partial charge in [-0.15, -0.1) is 0 Å². The lowest BCUT2D eigenvalue weighted by atomic mass is 10.0. The van der Waals surface area contributed by atoms with Gasteiger partial charge in [-0.3, -0.25) is 0 Å². The van der Waals surface area contributed by atoms with Gasteiger partial charge < -0.3 is 14.2 Å². The molecule has 0 bridgehead atoms. The fourth-order valence-corrected chi connectivity index (χ4v) is 2.98. The molecule has 164 valence electrons. The standard InChI is InChI=1S/C27H26O5/c1-2-30-27(29)24(18-26(28)32-20-23-11-7-4-8-12-23)17-21-13-15-25(16-14-21)31-19-22-9-5-3-6-10-22/h3-16,18H,2,17,19-20H2,1H3/b24-18+. The summed E-state index contributed by atoms with van der Waals surface area (Å²) in [5, 5.41) is 0. The molecule has 0 heterocycles. The Morgan fingerprint density at radius 3 is 1.91 bits per heavy atom. The van der Waals surface area contributed by atoms with E-state index in [0.717, 1.165) is 22.4 Å². The topological polar surface area (TPSA) is 61.8 Å². The zero-order chi connectivity index (χ0) is 22.6. The Morgan fingerprint density at radius 2 is 1.31 bits per heavy atom. The summed E-state index contributed by atoms with van der Waals surface area (Å²) in [5.74, 6) is -0.394. The van der Waals surface area contributed by atoms with Gasteiger partial charge in [-0.05, 0) is 35.7 Å². The van der Waals surface area contributed by atoms with Crippen molar-refractivity contribution in [2.45, 2.75) is 26.6 Å². The summed E-state index contributed by atoms with van der Waals surface area (Å²) in [6, 6.07) is 26.7. The first kappa shape index (κ1) is 22.8. The van der Waals surface area contributed by atoms with Crippen molar-refractivity contribution >= 4 is 11.9 Å². The lowest BCUT2D eigenvalue weighted by Crippen LogP contribution is -2.13. The summed E-state index contributed by atoms with van der Waals surface area (Å²) in [5.41, 5.74) is 3.05. The van der Waals surface area contributed by atoms with Gasteiger partial charge in [0, 0.05) is 18.1 Å².